The van der Waals surface area contributed by atoms with E-state index in [0.717, 1.165) is 30.6 Å². The number of ether oxygens (including phenoxy) is 1. The van der Waals surface area contributed by atoms with Crippen LogP contribution in [0.4, 0.5) is 0 Å². The van der Waals surface area contributed by atoms with E-state index in [1.807, 2.05) is 24.3 Å². The van der Waals surface area contributed by atoms with Gasteiger partial charge in [-0.2, -0.15) is 5.01 Å². The van der Waals surface area contributed by atoms with Crippen molar-refractivity contribution < 1.29 is 14.3 Å². The largest absolute Gasteiger partial charge is 0.497 e. The normalized spacial score (nSPS) is 34.2. The smallest absolute Gasteiger partial charge is 0.285 e. The van der Waals surface area contributed by atoms with E-state index in [2.05, 4.69) is 5.43 Å². The van der Waals surface area contributed by atoms with Crippen LogP contribution < -0.4 is 10.2 Å². The lowest BCUT2D eigenvalue weighted by Gasteiger charge is -2.55. The van der Waals surface area contributed by atoms with Crippen LogP contribution in [0.2, 0.25) is 0 Å². The molecule has 4 aliphatic carbocycles. The van der Waals surface area contributed by atoms with Gasteiger partial charge in [0.25, 0.3) is 5.91 Å². The number of nitrogens with zero attached hydrogens (tertiary/aromatic N) is 1. The van der Waals surface area contributed by atoms with Crippen molar-refractivity contribution in [1.82, 2.24) is 10.4 Å². The molecule has 29 heavy (non-hydrogen) atoms. The van der Waals surface area contributed by atoms with Gasteiger partial charge in [0.05, 0.1) is 17.4 Å². The first kappa shape index (κ1) is 19.1. The fourth-order valence-corrected chi connectivity index (χ4v) is 7.24. The summed E-state index contributed by atoms with van der Waals surface area (Å²) in [6.07, 6.45) is 8.49. The second-order valence-corrected chi connectivity index (χ2v) is 10.6. The molecule has 6 rings (SSSR count). The van der Waals surface area contributed by atoms with Gasteiger partial charge in [0.1, 0.15) is 5.75 Å². The Morgan fingerprint density at radius 3 is 2.52 bits per heavy atom. The monoisotopic (exact) mass is 428 g/mol. The van der Waals surface area contributed by atoms with Gasteiger partial charge in [-0.15, -0.1) is 0 Å². The number of carbonyl (C=O) groups excluding carboxylic acids is 2. The summed E-state index contributed by atoms with van der Waals surface area (Å²) in [4.78, 5) is 26.7. The lowest BCUT2D eigenvalue weighted by molar-refractivity contribution is -0.152. The Kier molecular flexibility index (Phi) is 4.70. The lowest BCUT2D eigenvalue weighted by atomic mass is 9.49. The summed E-state index contributed by atoms with van der Waals surface area (Å²) in [5.74, 6) is 2.46. The van der Waals surface area contributed by atoms with Gasteiger partial charge in [0.2, 0.25) is 5.91 Å². The zero-order valence-electron chi connectivity index (χ0n) is 16.3. The third-order valence-electron chi connectivity index (χ3n) is 6.92. The molecule has 1 aliphatic heterocycles. The molecule has 4 bridgehead atoms. The molecule has 0 spiro atoms. The van der Waals surface area contributed by atoms with E-state index in [1.165, 1.54) is 36.0 Å². The Bertz CT molecular complexity index is 891. The van der Waals surface area contributed by atoms with Crippen molar-refractivity contribution in [2.45, 2.75) is 38.5 Å². The molecule has 0 radical (unpaired) electrons. The zero-order valence-corrected chi connectivity index (χ0v) is 18.0. The number of benzene rings is 1. The summed E-state index contributed by atoms with van der Waals surface area (Å²) >= 11 is 6.63. The molecule has 5 fully saturated rings. The summed E-state index contributed by atoms with van der Waals surface area (Å²) in [7, 11) is 1.61. The first-order chi connectivity index (χ1) is 14.0. The van der Waals surface area contributed by atoms with Gasteiger partial charge in [0, 0.05) is 0 Å². The fraction of sp³-hybridized carbons (Fsp3) is 0.500. The van der Waals surface area contributed by atoms with Crippen LogP contribution in [-0.2, 0) is 9.59 Å². The zero-order chi connectivity index (χ0) is 20.2. The third-order valence-corrected chi connectivity index (χ3v) is 8.22. The number of hydrogen-bond donors (Lipinski definition) is 1. The van der Waals surface area contributed by atoms with Crippen LogP contribution in [0.1, 0.15) is 44.1 Å². The summed E-state index contributed by atoms with van der Waals surface area (Å²) in [5.41, 5.74) is 3.44. The van der Waals surface area contributed by atoms with E-state index in [1.54, 1.807) is 13.2 Å². The van der Waals surface area contributed by atoms with Gasteiger partial charge < -0.3 is 4.74 Å². The van der Waals surface area contributed by atoms with Gasteiger partial charge in [-0.25, -0.2) is 0 Å². The highest BCUT2D eigenvalue weighted by Crippen LogP contribution is 2.60. The van der Waals surface area contributed by atoms with Crippen molar-refractivity contribution in [3.05, 3.63) is 34.7 Å². The maximum Gasteiger partial charge on any atom is 0.285 e. The molecular weight excluding hydrogens is 404 g/mol. The Balaban J connectivity index is 1.33. The molecule has 1 heterocycles. The van der Waals surface area contributed by atoms with Crippen molar-refractivity contribution in [2.24, 2.45) is 23.2 Å². The molecule has 2 amide bonds. The van der Waals surface area contributed by atoms with E-state index in [-0.39, 0.29) is 17.2 Å². The Morgan fingerprint density at radius 2 is 1.90 bits per heavy atom. The van der Waals surface area contributed by atoms with Crippen LogP contribution in [0.5, 0.6) is 5.75 Å². The number of hydrogen-bond acceptors (Lipinski definition) is 5. The minimum absolute atomic E-state index is 0.0180. The van der Waals surface area contributed by atoms with Crippen molar-refractivity contribution in [3.63, 3.8) is 0 Å². The molecule has 5 aliphatic rings. The van der Waals surface area contributed by atoms with Crippen molar-refractivity contribution >= 4 is 46.2 Å². The van der Waals surface area contributed by atoms with E-state index >= 15 is 0 Å². The molecule has 0 atom stereocenters. The molecule has 5 nitrogen and oxygen atoms in total. The molecule has 1 N–H and O–H groups in total. The molecule has 1 saturated heterocycles. The van der Waals surface area contributed by atoms with Gasteiger partial charge in [-0.1, -0.05) is 23.9 Å². The van der Waals surface area contributed by atoms with Crippen LogP contribution in [0, 0.1) is 23.2 Å². The molecule has 1 aromatic rings. The Labute approximate surface area is 180 Å². The molecule has 0 aromatic heterocycles. The number of rotatable bonds is 4. The second kappa shape index (κ2) is 7.13. The minimum atomic E-state index is -0.311. The van der Waals surface area contributed by atoms with Crippen LogP contribution in [0.3, 0.4) is 0 Å². The van der Waals surface area contributed by atoms with Crippen LogP contribution >= 0.6 is 24.0 Å². The van der Waals surface area contributed by atoms with Gasteiger partial charge in [-0.05, 0) is 92.3 Å². The van der Waals surface area contributed by atoms with Gasteiger partial charge >= 0.3 is 0 Å². The fourth-order valence-electron chi connectivity index (χ4n) is 6.06. The molecule has 7 heteroatoms. The van der Waals surface area contributed by atoms with Crippen LogP contribution in [0.15, 0.2) is 29.2 Å². The lowest BCUT2D eigenvalue weighted by Crippen LogP contribution is -2.57. The topological polar surface area (TPSA) is 58.6 Å². The maximum absolute atomic E-state index is 13.3. The summed E-state index contributed by atoms with van der Waals surface area (Å²) in [5, 5.41) is 1.27. The van der Waals surface area contributed by atoms with Crippen LogP contribution in [0.25, 0.3) is 6.08 Å². The summed E-state index contributed by atoms with van der Waals surface area (Å²) in [6, 6.07) is 7.50. The maximum atomic E-state index is 13.3. The number of methoxy groups -OCH3 is 1. The molecule has 4 saturated carbocycles. The molecule has 152 valence electrons. The minimum Gasteiger partial charge on any atom is -0.497 e. The molecule has 1 aromatic carbocycles. The van der Waals surface area contributed by atoms with E-state index in [9.17, 15) is 9.59 Å². The number of hydrazine groups is 1. The predicted octanol–water partition coefficient (Wildman–Crippen LogP) is 4.14. The highest BCUT2D eigenvalue weighted by molar-refractivity contribution is 8.26. The molecular formula is C22H24N2O3S2. The number of nitrogens with one attached hydrogen (secondary N) is 1. The first-order valence-corrected chi connectivity index (χ1v) is 11.4. The van der Waals surface area contributed by atoms with E-state index < -0.39 is 0 Å². The van der Waals surface area contributed by atoms with Crippen LogP contribution in [-0.4, -0.2) is 28.3 Å². The second-order valence-electron chi connectivity index (χ2n) is 8.93. The Hall–Kier alpha value is -1.86. The standard InChI is InChI=1S/C22H24N2O3S2/c1-27-17-4-2-3-13(8-17)9-18-19(25)24(21(28)29-18)23-20(26)22-10-14-5-15(11-22)7-16(6-14)12-22/h2-4,8-9,14-16H,5-7,10-12H2,1H3,(H,23,26)/b18-9+. The number of amides is 2. The van der Waals surface area contributed by atoms with E-state index in [4.69, 9.17) is 17.0 Å². The summed E-state index contributed by atoms with van der Waals surface area (Å²) < 4.78 is 5.62. The number of carbonyl (C=O) groups is 2. The van der Waals surface area contributed by atoms with Crippen molar-refractivity contribution in [3.8, 4) is 5.75 Å². The average Bonchev–Trinajstić information content (AvgIpc) is 2.94. The quantitative estimate of drug-likeness (QED) is 0.577. The van der Waals surface area contributed by atoms with Crippen molar-refractivity contribution in [2.75, 3.05) is 7.11 Å². The number of thiocarbonyl (C=S) groups is 1. The Morgan fingerprint density at radius 1 is 1.24 bits per heavy atom. The average molecular weight is 429 g/mol. The molecule has 0 unspecified atom stereocenters. The van der Waals surface area contributed by atoms with Crippen molar-refractivity contribution in [1.29, 1.82) is 0 Å². The van der Waals surface area contributed by atoms with Gasteiger partial charge in [-0.3, -0.25) is 15.0 Å². The highest BCUT2D eigenvalue weighted by atomic mass is 32.2. The predicted molar refractivity (Wildman–Crippen MR) is 117 cm³/mol. The third kappa shape index (κ3) is 3.38. The first-order valence-electron chi connectivity index (χ1n) is 10.2. The SMILES string of the molecule is COc1cccc(/C=C2/SC(=S)N(NC(=O)C34CC5CC(CC(C5)C3)C4)C2=O)c1. The summed E-state index contributed by atoms with van der Waals surface area (Å²) in [6.45, 7) is 0. The van der Waals surface area contributed by atoms with E-state index in [0.29, 0.717) is 27.0 Å². The highest BCUT2D eigenvalue weighted by Gasteiger charge is 2.55. The van der Waals surface area contributed by atoms with Gasteiger partial charge in [0.15, 0.2) is 4.32 Å². The number of thioether (sulfide) groups is 1.